The smallest absolute Gasteiger partial charge is 0.162 e. The molecule has 0 atom stereocenters. The highest BCUT2D eigenvalue weighted by Gasteiger charge is 2.04. The van der Waals surface area contributed by atoms with Crippen molar-refractivity contribution in [3.05, 3.63) is 70.8 Å². The zero-order valence-corrected chi connectivity index (χ0v) is 12.3. The quantitative estimate of drug-likeness (QED) is 0.588. The minimum absolute atomic E-state index is 0.127. The third-order valence-electron chi connectivity index (χ3n) is 3.24. The van der Waals surface area contributed by atoms with E-state index >= 15 is 0 Å². The molecule has 22 heavy (non-hydrogen) atoms. The van der Waals surface area contributed by atoms with Crippen molar-refractivity contribution < 1.29 is 13.6 Å². The van der Waals surface area contributed by atoms with Crippen LogP contribution in [0.3, 0.4) is 0 Å². The van der Waals surface area contributed by atoms with Crippen molar-refractivity contribution in [1.82, 2.24) is 0 Å². The number of unbranched alkanes of at least 4 members (excludes halogenated alkanes) is 1. The summed E-state index contributed by atoms with van der Waals surface area (Å²) in [6.45, 7) is 2.05. The molecule has 0 saturated carbocycles. The molecule has 2 aromatic carbocycles. The maximum absolute atomic E-state index is 13.1. The SMILES string of the molecule is CCCCC(=O)c1ccc(C#Cc2ccc(F)c(F)c2)cc1. The third kappa shape index (κ3) is 4.26. The second-order valence-corrected chi connectivity index (χ2v) is 4.98. The molecule has 0 aliphatic carbocycles. The lowest BCUT2D eigenvalue weighted by molar-refractivity contribution is 0.0980. The van der Waals surface area contributed by atoms with Gasteiger partial charge in [-0.3, -0.25) is 4.79 Å². The normalized spacial score (nSPS) is 9.95. The van der Waals surface area contributed by atoms with Crippen molar-refractivity contribution in [2.24, 2.45) is 0 Å². The highest BCUT2D eigenvalue weighted by Crippen LogP contribution is 2.10. The van der Waals surface area contributed by atoms with Gasteiger partial charge < -0.3 is 0 Å². The Labute approximate surface area is 129 Å². The fraction of sp³-hybridized carbons (Fsp3) is 0.211. The van der Waals surface area contributed by atoms with Crippen LogP contribution in [0.1, 0.15) is 47.7 Å². The maximum atomic E-state index is 13.1. The Kier molecular flexibility index (Phi) is 5.43. The van der Waals surface area contributed by atoms with E-state index in [4.69, 9.17) is 0 Å². The van der Waals surface area contributed by atoms with Gasteiger partial charge >= 0.3 is 0 Å². The van der Waals surface area contributed by atoms with Crippen molar-refractivity contribution in [2.75, 3.05) is 0 Å². The van der Waals surface area contributed by atoms with Crippen molar-refractivity contribution in [1.29, 1.82) is 0 Å². The van der Waals surface area contributed by atoms with E-state index in [2.05, 4.69) is 11.8 Å². The average molecular weight is 298 g/mol. The molecule has 2 rings (SSSR count). The highest BCUT2D eigenvalue weighted by atomic mass is 19.2. The molecule has 3 heteroatoms. The molecule has 112 valence electrons. The van der Waals surface area contributed by atoms with Crippen LogP contribution in [0.2, 0.25) is 0 Å². The molecule has 0 aliphatic rings. The lowest BCUT2D eigenvalue weighted by atomic mass is 10.0. The van der Waals surface area contributed by atoms with Crippen LogP contribution < -0.4 is 0 Å². The summed E-state index contributed by atoms with van der Waals surface area (Å²) in [5, 5.41) is 0. The number of halogens is 2. The van der Waals surface area contributed by atoms with E-state index in [-0.39, 0.29) is 5.78 Å². The standard InChI is InChI=1S/C19H16F2O/c1-2-3-4-19(22)16-10-7-14(8-11-16)5-6-15-9-12-17(20)18(21)13-15/h7-13H,2-4H2,1H3. The molecule has 2 aromatic rings. The number of hydrogen-bond donors (Lipinski definition) is 0. The first-order valence-corrected chi connectivity index (χ1v) is 7.20. The molecule has 0 saturated heterocycles. The summed E-state index contributed by atoms with van der Waals surface area (Å²) < 4.78 is 25.9. The van der Waals surface area contributed by atoms with Crippen molar-refractivity contribution in [2.45, 2.75) is 26.2 Å². The molecule has 0 aliphatic heterocycles. The van der Waals surface area contributed by atoms with E-state index in [1.165, 1.54) is 6.07 Å². The predicted octanol–water partition coefficient (Wildman–Crippen LogP) is 4.74. The number of carbonyl (C=O) groups excluding carboxylic acids is 1. The number of rotatable bonds is 4. The summed E-state index contributed by atoms with van der Waals surface area (Å²) in [6, 6.07) is 10.5. The minimum Gasteiger partial charge on any atom is -0.294 e. The van der Waals surface area contributed by atoms with Crippen LogP contribution >= 0.6 is 0 Å². The second-order valence-electron chi connectivity index (χ2n) is 4.98. The van der Waals surface area contributed by atoms with Gasteiger partial charge in [0.15, 0.2) is 17.4 Å². The lowest BCUT2D eigenvalue weighted by Gasteiger charge is -2.00. The monoisotopic (exact) mass is 298 g/mol. The van der Waals surface area contributed by atoms with Crippen LogP contribution in [0, 0.1) is 23.5 Å². The Morgan fingerprint density at radius 2 is 1.59 bits per heavy atom. The minimum atomic E-state index is -0.913. The zero-order chi connectivity index (χ0) is 15.9. The fourth-order valence-corrected chi connectivity index (χ4v) is 1.94. The summed E-state index contributed by atoms with van der Waals surface area (Å²) in [5.74, 6) is 3.96. The molecule has 0 unspecified atom stereocenters. The zero-order valence-electron chi connectivity index (χ0n) is 12.3. The summed E-state index contributed by atoms with van der Waals surface area (Å²) >= 11 is 0. The summed E-state index contributed by atoms with van der Waals surface area (Å²) in [6.07, 6.45) is 2.43. The second kappa shape index (κ2) is 7.51. The first kappa shape index (κ1) is 15.9. The van der Waals surface area contributed by atoms with Crippen molar-refractivity contribution in [3.8, 4) is 11.8 Å². The molecule has 0 bridgehead atoms. The molecular formula is C19H16F2O. The van der Waals surface area contributed by atoms with Gasteiger partial charge in [0.2, 0.25) is 0 Å². The number of Topliss-reactive ketones (excluding diaryl/α,β-unsaturated/α-hetero) is 1. The van der Waals surface area contributed by atoms with Crippen molar-refractivity contribution in [3.63, 3.8) is 0 Å². The first-order valence-electron chi connectivity index (χ1n) is 7.20. The van der Waals surface area contributed by atoms with Crippen molar-refractivity contribution >= 4 is 5.78 Å². The largest absolute Gasteiger partial charge is 0.294 e. The topological polar surface area (TPSA) is 17.1 Å². The van der Waals surface area contributed by atoms with Crippen LogP contribution in [0.4, 0.5) is 8.78 Å². The van der Waals surface area contributed by atoms with Crippen LogP contribution in [0.5, 0.6) is 0 Å². The summed E-state index contributed by atoms with van der Waals surface area (Å²) in [5.41, 5.74) is 1.80. The van der Waals surface area contributed by atoms with E-state index in [1.807, 2.05) is 6.92 Å². The van der Waals surface area contributed by atoms with Gasteiger partial charge in [0, 0.05) is 23.1 Å². The van der Waals surface area contributed by atoms with Gasteiger partial charge in [-0.05, 0) is 36.8 Å². The Hall–Kier alpha value is -2.47. The molecule has 0 heterocycles. The average Bonchev–Trinajstić information content (AvgIpc) is 2.54. The number of benzene rings is 2. The van der Waals surface area contributed by atoms with Gasteiger partial charge in [0.1, 0.15) is 0 Å². The van der Waals surface area contributed by atoms with E-state index in [9.17, 15) is 13.6 Å². The Morgan fingerprint density at radius 1 is 0.955 bits per heavy atom. The van der Waals surface area contributed by atoms with E-state index in [0.717, 1.165) is 30.5 Å². The number of carbonyl (C=O) groups is 1. The number of ketones is 1. The Morgan fingerprint density at radius 3 is 2.23 bits per heavy atom. The van der Waals surface area contributed by atoms with Gasteiger partial charge in [-0.15, -0.1) is 0 Å². The molecule has 0 radical (unpaired) electrons. The molecule has 1 nitrogen and oxygen atoms in total. The Balaban J connectivity index is 2.10. The van der Waals surface area contributed by atoms with Crippen LogP contribution in [-0.2, 0) is 0 Å². The summed E-state index contributed by atoms with van der Waals surface area (Å²) in [4.78, 5) is 11.9. The first-order chi connectivity index (χ1) is 10.6. The molecule has 0 aromatic heterocycles. The van der Waals surface area contributed by atoms with Crippen LogP contribution in [0.25, 0.3) is 0 Å². The van der Waals surface area contributed by atoms with Gasteiger partial charge in [0.25, 0.3) is 0 Å². The van der Waals surface area contributed by atoms with Gasteiger partial charge in [-0.2, -0.15) is 0 Å². The van der Waals surface area contributed by atoms with Gasteiger partial charge in [-0.1, -0.05) is 37.3 Å². The van der Waals surface area contributed by atoms with E-state index < -0.39 is 11.6 Å². The fourth-order valence-electron chi connectivity index (χ4n) is 1.94. The maximum Gasteiger partial charge on any atom is 0.162 e. The Bertz CT molecular complexity index is 721. The van der Waals surface area contributed by atoms with Gasteiger partial charge in [-0.25, -0.2) is 8.78 Å². The molecule has 0 spiro atoms. The lowest BCUT2D eigenvalue weighted by Crippen LogP contribution is -1.98. The highest BCUT2D eigenvalue weighted by molar-refractivity contribution is 5.96. The van der Waals surface area contributed by atoms with E-state index in [1.54, 1.807) is 24.3 Å². The molecule has 0 amide bonds. The molecule has 0 fully saturated rings. The molecular weight excluding hydrogens is 282 g/mol. The third-order valence-corrected chi connectivity index (χ3v) is 3.24. The predicted molar refractivity (Wildman–Crippen MR) is 82.6 cm³/mol. The van der Waals surface area contributed by atoms with Crippen LogP contribution in [-0.4, -0.2) is 5.78 Å². The summed E-state index contributed by atoms with van der Waals surface area (Å²) in [7, 11) is 0. The van der Waals surface area contributed by atoms with Gasteiger partial charge in [0.05, 0.1) is 0 Å². The van der Waals surface area contributed by atoms with Crippen LogP contribution in [0.15, 0.2) is 42.5 Å². The number of hydrogen-bond acceptors (Lipinski definition) is 1. The molecule has 0 N–H and O–H groups in total. The van der Waals surface area contributed by atoms with E-state index in [0.29, 0.717) is 17.5 Å².